The first-order chi connectivity index (χ1) is 23.8. The summed E-state index contributed by atoms with van der Waals surface area (Å²) in [4.78, 5) is 0. The van der Waals surface area contributed by atoms with Crippen LogP contribution in [0.4, 0.5) is 0 Å². The first-order valence-electron chi connectivity index (χ1n) is 16.6. The Hall–Kier alpha value is -5.88. The monoisotopic (exact) mass is 666 g/mol. The molecular weight excluding hydrogens is 624 g/mol. The molecular formula is C44H42O6. The smallest absolute Gasteiger partial charge is 0.133 e. The molecule has 0 heterocycles. The lowest BCUT2D eigenvalue weighted by Gasteiger charge is -2.16. The molecule has 0 radical (unpaired) electrons. The lowest BCUT2D eigenvalue weighted by atomic mass is 10.1. The summed E-state index contributed by atoms with van der Waals surface area (Å²) in [6.07, 6.45) is 0. The summed E-state index contributed by atoms with van der Waals surface area (Å²) in [6, 6.07) is 31.3. The maximum atomic E-state index is 10.1. The van der Waals surface area contributed by atoms with Crippen LogP contribution in [0.3, 0.4) is 0 Å². The Balaban J connectivity index is 1.10. The van der Waals surface area contributed by atoms with Crippen molar-refractivity contribution in [1.29, 1.82) is 0 Å². The molecule has 0 aliphatic heterocycles. The van der Waals surface area contributed by atoms with Crippen LogP contribution in [0, 0.1) is 55.4 Å². The summed E-state index contributed by atoms with van der Waals surface area (Å²) < 4.78 is 24.9. The molecule has 0 unspecified atom stereocenters. The predicted molar refractivity (Wildman–Crippen MR) is 199 cm³/mol. The van der Waals surface area contributed by atoms with Gasteiger partial charge in [-0.2, -0.15) is 0 Å². The van der Waals surface area contributed by atoms with Crippen LogP contribution in [0.2, 0.25) is 0 Å². The van der Waals surface area contributed by atoms with E-state index in [0.29, 0.717) is 23.0 Å². The number of hydrogen-bond acceptors (Lipinski definition) is 6. The van der Waals surface area contributed by atoms with Gasteiger partial charge in [0.1, 0.15) is 57.5 Å². The maximum Gasteiger partial charge on any atom is 0.133 e. The number of hydrogen-bond donors (Lipinski definition) is 2. The standard InChI is InChI=1S/C44H42O6/c1-25-17-39(18-26(2)41(25)45)49-43-29(5)21-37(22-30(43)6)47-35-13-9-33(10-14-35)34-11-15-36(16-12-34)48-38-23-31(7)44(32(8)24-38)50-40-19-27(3)42(46)28(4)20-40/h9-24,45-46H,1-8H3. The van der Waals surface area contributed by atoms with E-state index in [2.05, 4.69) is 0 Å². The van der Waals surface area contributed by atoms with Crippen LogP contribution >= 0.6 is 0 Å². The zero-order chi connectivity index (χ0) is 35.7. The molecule has 6 nitrogen and oxygen atoms in total. The number of phenols is 2. The molecule has 6 rings (SSSR count). The van der Waals surface area contributed by atoms with Crippen molar-refractivity contribution in [2.24, 2.45) is 0 Å². The van der Waals surface area contributed by atoms with Crippen LogP contribution in [-0.2, 0) is 0 Å². The minimum atomic E-state index is 0.291. The van der Waals surface area contributed by atoms with Gasteiger partial charge in [-0.25, -0.2) is 0 Å². The van der Waals surface area contributed by atoms with Gasteiger partial charge in [-0.15, -0.1) is 0 Å². The quantitative estimate of drug-likeness (QED) is 0.160. The topological polar surface area (TPSA) is 77.4 Å². The second kappa shape index (κ2) is 13.9. The molecule has 50 heavy (non-hydrogen) atoms. The lowest BCUT2D eigenvalue weighted by Crippen LogP contribution is -1.95. The molecule has 2 N–H and O–H groups in total. The Bertz CT molecular complexity index is 1950. The van der Waals surface area contributed by atoms with E-state index in [4.69, 9.17) is 18.9 Å². The van der Waals surface area contributed by atoms with Gasteiger partial charge in [0, 0.05) is 0 Å². The average Bonchev–Trinajstić information content (AvgIpc) is 3.06. The second-order valence-electron chi connectivity index (χ2n) is 13.0. The SMILES string of the molecule is Cc1cc(Oc2c(C)cc(Oc3ccc(-c4ccc(Oc5cc(C)c(Oc6cc(C)c(O)c(C)c6)c(C)c5)cc4)cc3)cc2C)cc(C)c1O. The van der Waals surface area contributed by atoms with Crippen molar-refractivity contribution in [3.05, 3.63) is 142 Å². The van der Waals surface area contributed by atoms with Gasteiger partial charge in [-0.1, -0.05) is 24.3 Å². The Morgan fingerprint density at radius 3 is 0.820 bits per heavy atom. The first kappa shape index (κ1) is 34.0. The number of phenolic OH excluding ortho intramolecular Hbond substituents is 2. The highest BCUT2D eigenvalue weighted by molar-refractivity contribution is 5.65. The molecule has 0 atom stereocenters. The van der Waals surface area contributed by atoms with Gasteiger partial charge >= 0.3 is 0 Å². The third-order valence-corrected chi connectivity index (χ3v) is 8.75. The molecule has 0 saturated heterocycles. The molecule has 0 bridgehead atoms. The van der Waals surface area contributed by atoms with Crippen molar-refractivity contribution in [2.75, 3.05) is 0 Å². The van der Waals surface area contributed by atoms with Gasteiger partial charge < -0.3 is 29.2 Å². The third kappa shape index (κ3) is 7.40. The molecule has 0 aliphatic carbocycles. The number of benzene rings is 6. The highest BCUT2D eigenvalue weighted by atomic mass is 16.5. The second-order valence-corrected chi connectivity index (χ2v) is 13.0. The third-order valence-electron chi connectivity index (χ3n) is 8.75. The molecule has 0 fully saturated rings. The van der Waals surface area contributed by atoms with E-state index in [-0.39, 0.29) is 0 Å². The fourth-order valence-electron chi connectivity index (χ4n) is 6.15. The van der Waals surface area contributed by atoms with E-state index >= 15 is 0 Å². The molecule has 6 aromatic carbocycles. The number of rotatable bonds is 9. The Morgan fingerprint density at radius 1 is 0.300 bits per heavy atom. The Labute approximate surface area is 294 Å². The van der Waals surface area contributed by atoms with Gasteiger partial charge in [-0.3, -0.25) is 0 Å². The summed E-state index contributed by atoms with van der Waals surface area (Å²) in [5, 5.41) is 20.2. The molecule has 0 aromatic heterocycles. The normalized spacial score (nSPS) is 11.0. The zero-order valence-electron chi connectivity index (χ0n) is 29.8. The van der Waals surface area contributed by atoms with Gasteiger partial charge in [0.05, 0.1) is 0 Å². The summed E-state index contributed by atoms with van der Waals surface area (Å²) in [5.41, 5.74) is 9.05. The van der Waals surface area contributed by atoms with Crippen LogP contribution < -0.4 is 18.9 Å². The van der Waals surface area contributed by atoms with Gasteiger partial charge in [0.15, 0.2) is 0 Å². The largest absolute Gasteiger partial charge is 0.507 e. The van der Waals surface area contributed by atoms with Crippen LogP contribution in [0.5, 0.6) is 57.5 Å². The fourth-order valence-corrected chi connectivity index (χ4v) is 6.15. The van der Waals surface area contributed by atoms with Gasteiger partial charge in [0.25, 0.3) is 0 Å². The highest BCUT2D eigenvalue weighted by Crippen LogP contribution is 2.38. The number of ether oxygens (including phenoxy) is 4. The van der Waals surface area contributed by atoms with Crippen molar-refractivity contribution in [3.8, 4) is 68.6 Å². The first-order valence-corrected chi connectivity index (χ1v) is 16.6. The molecule has 0 aliphatic rings. The minimum absolute atomic E-state index is 0.291. The molecule has 0 saturated carbocycles. The van der Waals surface area contributed by atoms with E-state index in [1.54, 1.807) is 0 Å². The van der Waals surface area contributed by atoms with E-state index in [1.807, 2.05) is 152 Å². The highest BCUT2D eigenvalue weighted by Gasteiger charge is 2.14. The Kier molecular flexibility index (Phi) is 9.47. The van der Waals surface area contributed by atoms with Crippen molar-refractivity contribution in [3.63, 3.8) is 0 Å². The lowest BCUT2D eigenvalue weighted by molar-refractivity contribution is 0.451. The zero-order valence-corrected chi connectivity index (χ0v) is 29.8. The van der Waals surface area contributed by atoms with E-state index < -0.39 is 0 Å². The summed E-state index contributed by atoms with van der Waals surface area (Å²) in [6.45, 7) is 15.5. The van der Waals surface area contributed by atoms with Crippen LogP contribution in [0.1, 0.15) is 44.5 Å². The van der Waals surface area contributed by atoms with Crippen molar-refractivity contribution < 1.29 is 29.2 Å². The van der Waals surface area contributed by atoms with E-state index in [0.717, 1.165) is 90.1 Å². The maximum absolute atomic E-state index is 10.1. The van der Waals surface area contributed by atoms with Gasteiger partial charge in [0.2, 0.25) is 0 Å². The molecule has 6 aromatic rings. The predicted octanol–water partition coefficient (Wildman–Crippen LogP) is 12.4. The number of aryl methyl sites for hydroxylation is 8. The van der Waals surface area contributed by atoms with Crippen molar-refractivity contribution >= 4 is 0 Å². The van der Waals surface area contributed by atoms with Crippen LogP contribution in [-0.4, -0.2) is 10.2 Å². The molecule has 254 valence electrons. The molecule has 0 amide bonds. The Morgan fingerprint density at radius 2 is 0.540 bits per heavy atom. The fraction of sp³-hybridized carbons (Fsp3) is 0.182. The van der Waals surface area contributed by atoms with Crippen molar-refractivity contribution in [1.82, 2.24) is 0 Å². The van der Waals surface area contributed by atoms with Crippen LogP contribution in [0.25, 0.3) is 11.1 Å². The van der Waals surface area contributed by atoms with E-state index in [1.165, 1.54) is 0 Å². The summed E-state index contributed by atoms with van der Waals surface area (Å²) in [7, 11) is 0. The average molecular weight is 667 g/mol. The molecule has 0 spiro atoms. The molecule has 6 heteroatoms. The van der Waals surface area contributed by atoms with Crippen molar-refractivity contribution in [2.45, 2.75) is 55.4 Å². The van der Waals surface area contributed by atoms with Gasteiger partial charge in [-0.05, 0) is 184 Å². The van der Waals surface area contributed by atoms with E-state index in [9.17, 15) is 10.2 Å². The summed E-state index contributed by atoms with van der Waals surface area (Å²) >= 11 is 0. The van der Waals surface area contributed by atoms with Crippen LogP contribution in [0.15, 0.2) is 97.1 Å². The number of aromatic hydroxyl groups is 2. The minimum Gasteiger partial charge on any atom is -0.507 e. The summed E-state index contributed by atoms with van der Waals surface area (Å²) in [5.74, 6) is 6.45.